The Morgan fingerprint density at radius 2 is 1.06 bits per heavy atom. The lowest BCUT2D eigenvalue weighted by Gasteiger charge is -2.37. The average Bonchev–Trinajstić information content (AvgIpc) is 3.15. The predicted molar refractivity (Wildman–Crippen MR) is 138 cm³/mol. The van der Waals surface area contributed by atoms with Crippen LogP contribution in [0, 0.1) is 0 Å². The summed E-state index contributed by atoms with van der Waals surface area (Å²) in [7, 11) is 0. The van der Waals surface area contributed by atoms with Gasteiger partial charge in [-0.2, -0.15) is 0 Å². The van der Waals surface area contributed by atoms with Crippen LogP contribution in [0.3, 0.4) is 0 Å². The molecule has 0 radical (unpaired) electrons. The van der Waals surface area contributed by atoms with E-state index in [1.165, 1.54) is 33.6 Å². The van der Waals surface area contributed by atoms with Crippen LogP contribution in [0.25, 0.3) is 0 Å². The number of benzene rings is 2. The van der Waals surface area contributed by atoms with Crippen LogP contribution in [0.2, 0.25) is 0 Å². The largest absolute Gasteiger partial charge is 0.349 e. The van der Waals surface area contributed by atoms with Crippen molar-refractivity contribution in [3.05, 3.63) is 58.7 Å². The van der Waals surface area contributed by atoms with Crippen LogP contribution in [0.15, 0.2) is 36.4 Å². The molecule has 2 atom stereocenters. The van der Waals surface area contributed by atoms with E-state index in [2.05, 4.69) is 102 Å². The Labute approximate surface area is 195 Å². The third-order valence-corrected chi connectivity index (χ3v) is 6.97. The number of hydrogen-bond donors (Lipinski definition) is 0. The van der Waals surface area contributed by atoms with Gasteiger partial charge in [0.25, 0.3) is 0 Å². The second-order valence-corrected chi connectivity index (χ2v) is 10.6. The molecule has 1 heterocycles. The fraction of sp³-hybridized carbons (Fsp3) is 0.571. The van der Waals surface area contributed by atoms with Crippen molar-refractivity contribution in [2.45, 2.75) is 91.1 Å². The van der Waals surface area contributed by atoms with Crippen LogP contribution in [0.1, 0.15) is 107 Å². The van der Waals surface area contributed by atoms with E-state index in [4.69, 9.17) is 11.6 Å². The second kappa shape index (κ2) is 9.86. The molecule has 0 N–H and O–H groups in total. The van der Waals surface area contributed by atoms with Crippen LogP contribution in [0.4, 0.5) is 11.4 Å². The van der Waals surface area contributed by atoms with E-state index < -0.39 is 0 Å². The Morgan fingerprint density at radius 3 is 1.39 bits per heavy atom. The van der Waals surface area contributed by atoms with Gasteiger partial charge in [0.05, 0.1) is 5.38 Å². The van der Waals surface area contributed by atoms with Gasteiger partial charge in [0, 0.05) is 24.5 Å². The van der Waals surface area contributed by atoms with Gasteiger partial charge in [0.2, 0.25) is 0 Å². The molecule has 2 aromatic carbocycles. The fourth-order valence-electron chi connectivity index (χ4n) is 5.19. The van der Waals surface area contributed by atoms with Crippen molar-refractivity contribution in [3.63, 3.8) is 0 Å². The number of hydrogen-bond acceptors (Lipinski definition) is 2. The van der Waals surface area contributed by atoms with Crippen LogP contribution in [-0.2, 0) is 0 Å². The molecular formula is C28H41ClN2. The van der Waals surface area contributed by atoms with Crippen LogP contribution >= 0.6 is 11.6 Å². The fourth-order valence-corrected chi connectivity index (χ4v) is 5.36. The summed E-state index contributed by atoms with van der Waals surface area (Å²) >= 11 is 6.70. The van der Waals surface area contributed by atoms with Crippen molar-refractivity contribution in [3.8, 4) is 0 Å². The monoisotopic (exact) mass is 440 g/mol. The third kappa shape index (κ3) is 4.60. The molecule has 3 rings (SSSR count). The summed E-state index contributed by atoms with van der Waals surface area (Å²) in [6.45, 7) is 20.4. The molecule has 1 aliphatic rings. The molecule has 1 fully saturated rings. The summed E-state index contributed by atoms with van der Waals surface area (Å²) in [6, 6.07) is 13.6. The maximum atomic E-state index is 6.70. The van der Waals surface area contributed by atoms with Gasteiger partial charge in [-0.15, -0.1) is 11.6 Å². The van der Waals surface area contributed by atoms with E-state index in [-0.39, 0.29) is 5.38 Å². The van der Waals surface area contributed by atoms with E-state index in [1.807, 2.05) is 0 Å². The molecule has 31 heavy (non-hydrogen) atoms. The summed E-state index contributed by atoms with van der Waals surface area (Å²) in [5, 5.41) is -0.00516. The highest BCUT2D eigenvalue weighted by molar-refractivity contribution is 6.21. The summed E-state index contributed by atoms with van der Waals surface area (Å²) in [5.74, 6) is 1.47. The minimum atomic E-state index is -0.00516. The van der Waals surface area contributed by atoms with Gasteiger partial charge < -0.3 is 9.80 Å². The topological polar surface area (TPSA) is 6.48 Å². The van der Waals surface area contributed by atoms with E-state index in [1.54, 1.807) is 0 Å². The van der Waals surface area contributed by atoms with Crippen molar-refractivity contribution in [1.82, 2.24) is 0 Å². The normalized spacial score (nSPS) is 18.0. The summed E-state index contributed by atoms with van der Waals surface area (Å²) in [4.78, 5) is 5.33. The highest BCUT2D eigenvalue weighted by atomic mass is 35.5. The third-order valence-electron chi connectivity index (χ3n) is 6.73. The smallest absolute Gasteiger partial charge is 0.101 e. The molecule has 0 aromatic heterocycles. The number of para-hydroxylation sites is 2. The predicted octanol–water partition coefficient (Wildman–Crippen LogP) is 8.42. The maximum absolute atomic E-state index is 6.70. The van der Waals surface area contributed by atoms with E-state index in [0.717, 1.165) is 19.5 Å². The molecule has 0 saturated carbocycles. The Balaban J connectivity index is 2.15. The van der Waals surface area contributed by atoms with E-state index in [0.29, 0.717) is 23.9 Å². The Kier molecular flexibility index (Phi) is 7.63. The van der Waals surface area contributed by atoms with Crippen LogP contribution in [0.5, 0.6) is 0 Å². The molecule has 0 amide bonds. The van der Waals surface area contributed by atoms with Gasteiger partial charge in [0.1, 0.15) is 6.17 Å². The highest BCUT2D eigenvalue weighted by Gasteiger charge is 2.36. The summed E-state index contributed by atoms with van der Waals surface area (Å²) in [6.07, 6.45) is 1.42. The zero-order valence-corrected chi connectivity index (χ0v) is 21.5. The first kappa shape index (κ1) is 24.0. The van der Waals surface area contributed by atoms with Crippen molar-refractivity contribution in [1.29, 1.82) is 0 Å². The number of anilines is 2. The van der Waals surface area contributed by atoms with Crippen molar-refractivity contribution >= 4 is 23.0 Å². The summed E-state index contributed by atoms with van der Waals surface area (Å²) in [5.41, 5.74) is 8.43. The first-order valence-corrected chi connectivity index (χ1v) is 12.6. The number of alkyl halides is 1. The van der Waals surface area contributed by atoms with Crippen molar-refractivity contribution < 1.29 is 0 Å². The van der Waals surface area contributed by atoms with Gasteiger partial charge in [-0.05, 0) is 53.4 Å². The molecule has 0 bridgehead atoms. The maximum Gasteiger partial charge on any atom is 0.101 e. The van der Waals surface area contributed by atoms with E-state index in [9.17, 15) is 0 Å². The van der Waals surface area contributed by atoms with Gasteiger partial charge in [-0.3, -0.25) is 0 Å². The number of nitrogens with zero attached hydrogens (tertiary/aromatic N) is 2. The average molecular weight is 441 g/mol. The standard InChI is InChI=1S/C28H41ClN2/c1-9-26-30(27-22(18(2)3)12-10-13-23(27)19(4)5)16-17-31(26)28-24(20(6)7)14-11-15-25(28)21(8)29/h10-15,18-21,26H,9,16-17H2,1-8H3. The van der Waals surface area contributed by atoms with Gasteiger partial charge >= 0.3 is 0 Å². The zero-order valence-electron chi connectivity index (χ0n) is 20.7. The lowest BCUT2D eigenvalue weighted by Crippen LogP contribution is -2.40. The van der Waals surface area contributed by atoms with E-state index >= 15 is 0 Å². The minimum absolute atomic E-state index is 0.00516. The number of rotatable bonds is 7. The van der Waals surface area contributed by atoms with Gasteiger partial charge in [0.15, 0.2) is 0 Å². The van der Waals surface area contributed by atoms with Gasteiger partial charge in [-0.25, -0.2) is 0 Å². The zero-order chi connectivity index (χ0) is 22.9. The SMILES string of the molecule is CCC1N(c2c(C(C)C)cccc2C(C)C)CCN1c1c(C(C)C)cccc1C(C)Cl. The molecule has 0 spiro atoms. The minimum Gasteiger partial charge on any atom is -0.349 e. The molecule has 2 aromatic rings. The van der Waals surface area contributed by atoms with Crippen molar-refractivity contribution in [2.75, 3.05) is 22.9 Å². The molecule has 0 aliphatic carbocycles. The first-order valence-electron chi connectivity index (χ1n) is 12.1. The molecular weight excluding hydrogens is 400 g/mol. The highest BCUT2D eigenvalue weighted by Crippen LogP contribution is 2.43. The lowest BCUT2D eigenvalue weighted by atomic mass is 9.91. The molecule has 170 valence electrons. The number of halogens is 1. The molecule has 2 unspecified atom stereocenters. The molecule has 1 saturated heterocycles. The first-order chi connectivity index (χ1) is 14.7. The molecule has 1 aliphatic heterocycles. The van der Waals surface area contributed by atoms with Crippen LogP contribution in [-0.4, -0.2) is 19.3 Å². The van der Waals surface area contributed by atoms with Crippen LogP contribution < -0.4 is 9.80 Å². The Bertz CT molecular complexity index is 761. The van der Waals surface area contributed by atoms with Crippen molar-refractivity contribution in [2.24, 2.45) is 0 Å². The summed E-state index contributed by atoms with van der Waals surface area (Å²) < 4.78 is 0. The lowest BCUT2D eigenvalue weighted by molar-refractivity contribution is 0.631. The Hall–Kier alpha value is -1.67. The Morgan fingerprint density at radius 1 is 0.710 bits per heavy atom. The van der Waals surface area contributed by atoms with Gasteiger partial charge in [-0.1, -0.05) is 84.9 Å². The second-order valence-electron chi connectivity index (χ2n) is 9.93. The molecule has 3 heteroatoms. The molecule has 2 nitrogen and oxygen atoms in total. The quantitative estimate of drug-likeness (QED) is 0.398.